The number of nitrogens with zero attached hydrogens (tertiary/aromatic N) is 2. The van der Waals surface area contributed by atoms with Crippen LogP contribution in [0.15, 0.2) is 47.5 Å². The number of aryl methyl sites for hydroxylation is 1. The summed E-state index contributed by atoms with van der Waals surface area (Å²) in [7, 11) is 0. The van der Waals surface area contributed by atoms with Crippen molar-refractivity contribution in [3.05, 3.63) is 58.6 Å². The van der Waals surface area contributed by atoms with Crippen LogP contribution in [-0.4, -0.2) is 14.6 Å². The highest BCUT2D eigenvalue weighted by atomic mass is 16.1. The topological polar surface area (TPSA) is 50.2 Å². The van der Waals surface area contributed by atoms with Crippen LogP contribution >= 0.6 is 0 Å². The number of fused-ring (bicyclic) bond motifs is 1. The Morgan fingerprint density at radius 3 is 3.00 bits per heavy atom. The molecule has 4 heteroatoms. The minimum absolute atomic E-state index is 0.103. The number of H-pyrrole nitrogens is 1. The highest BCUT2D eigenvalue weighted by Crippen LogP contribution is 2.22. The molecule has 0 unspecified atom stereocenters. The lowest BCUT2D eigenvalue weighted by Crippen LogP contribution is -2.12. The minimum atomic E-state index is -0.103. The molecule has 1 aromatic carbocycles. The number of aromatic amines is 1. The molecule has 2 aromatic heterocycles. The highest BCUT2D eigenvalue weighted by molar-refractivity contribution is 5.76. The molecule has 4 nitrogen and oxygen atoms in total. The van der Waals surface area contributed by atoms with Gasteiger partial charge in [-0.15, -0.1) is 0 Å². The molecule has 17 heavy (non-hydrogen) atoms. The van der Waals surface area contributed by atoms with Crippen molar-refractivity contribution in [3.63, 3.8) is 0 Å². The second kappa shape index (κ2) is 3.59. The van der Waals surface area contributed by atoms with E-state index in [1.165, 1.54) is 22.3 Å². The van der Waals surface area contributed by atoms with Crippen LogP contribution in [0.25, 0.3) is 16.8 Å². The zero-order chi connectivity index (χ0) is 11.8. The van der Waals surface area contributed by atoms with Gasteiger partial charge in [-0.2, -0.15) is 0 Å². The normalized spacial score (nSPS) is 10.9. The van der Waals surface area contributed by atoms with E-state index in [0.717, 1.165) is 11.1 Å². The van der Waals surface area contributed by atoms with E-state index in [1.807, 2.05) is 25.1 Å². The van der Waals surface area contributed by atoms with Gasteiger partial charge in [0.2, 0.25) is 0 Å². The van der Waals surface area contributed by atoms with Gasteiger partial charge in [0.15, 0.2) is 5.65 Å². The third-order valence-electron chi connectivity index (χ3n) is 2.75. The zero-order valence-corrected chi connectivity index (χ0v) is 9.34. The lowest BCUT2D eigenvalue weighted by Gasteiger charge is -1.99. The molecule has 0 aliphatic rings. The third-order valence-corrected chi connectivity index (χ3v) is 2.75. The second-order valence-electron chi connectivity index (χ2n) is 4.00. The maximum atomic E-state index is 11.6. The van der Waals surface area contributed by atoms with Crippen molar-refractivity contribution in [1.29, 1.82) is 0 Å². The van der Waals surface area contributed by atoms with Gasteiger partial charge >= 0.3 is 0 Å². The van der Waals surface area contributed by atoms with Gasteiger partial charge in [-0.05, 0) is 12.5 Å². The number of aromatic nitrogens is 3. The monoisotopic (exact) mass is 225 g/mol. The van der Waals surface area contributed by atoms with Gasteiger partial charge in [0.1, 0.15) is 0 Å². The first kappa shape index (κ1) is 9.84. The first-order chi connectivity index (χ1) is 8.25. The van der Waals surface area contributed by atoms with Crippen LogP contribution < -0.4 is 5.56 Å². The van der Waals surface area contributed by atoms with E-state index < -0.39 is 0 Å². The molecule has 0 amide bonds. The van der Waals surface area contributed by atoms with E-state index in [4.69, 9.17) is 0 Å². The molecule has 0 aliphatic heterocycles. The minimum Gasteiger partial charge on any atom is -0.296 e. The van der Waals surface area contributed by atoms with E-state index >= 15 is 0 Å². The Hall–Kier alpha value is -2.36. The molecule has 0 radical (unpaired) electrons. The van der Waals surface area contributed by atoms with Crippen molar-refractivity contribution in [2.75, 3.05) is 0 Å². The number of hydrogen-bond donors (Lipinski definition) is 1. The summed E-state index contributed by atoms with van der Waals surface area (Å²) in [5, 5.41) is 2.92. The summed E-state index contributed by atoms with van der Waals surface area (Å²) in [6.07, 6.45) is 3.34. The summed E-state index contributed by atoms with van der Waals surface area (Å²) >= 11 is 0. The fraction of sp³-hybridized carbons (Fsp3) is 0.0769. The Labute approximate surface area is 97.5 Å². The number of benzene rings is 1. The Morgan fingerprint density at radius 1 is 1.29 bits per heavy atom. The van der Waals surface area contributed by atoms with Crippen molar-refractivity contribution >= 4 is 5.65 Å². The van der Waals surface area contributed by atoms with Crippen LogP contribution in [0.3, 0.4) is 0 Å². The van der Waals surface area contributed by atoms with Gasteiger partial charge in [-0.3, -0.25) is 9.89 Å². The molecule has 0 bridgehead atoms. The fourth-order valence-electron chi connectivity index (χ4n) is 1.94. The maximum absolute atomic E-state index is 11.6. The number of rotatable bonds is 1. The van der Waals surface area contributed by atoms with Crippen LogP contribution in [0, 0.1) is 6.92 Å². The summed E-state index contributed by atoms with van der Waals surface area (Å²) in [4.78, 5) is 15.8. The zero-order valence-electron chi connectivity index (χ0n) is 9.34. The van der Waals surface area contributed by atoms with Gasteiger partial charge in [0.25, 0.3) is 5.56 Å². The molecule has 0 aliphatic carbocycles. The Kier molecular flexibility index (Phi) is 2.08. The lowest BCUT2D eigenvalue weighted by molar-refractivity contribution is 0.899. The van der Waals surface area contributed by atoms with E-state index in [1.54, 1.807) is 6.20 Å². The maximum Gasteiger partial charge on any atom is 0.272 e. The standard InChI is InChI=1S/C13H11N3O/c1-9-3-2-4-10(7-9)11-8-15-16-12(17)5-6-14-13(11)16/h2-8,15H,1H3. The van der Waals surface area contributed by atoms with Crippen molar-refractivity contribution in [3.8, 4) is 11.1 Å². The van der Waals surface area contributed by atoms with Crippen LogP contribution in [0.1, 0.15) is 5.56 Å². The third kappa shape index (κ3) is 1.54. The smallest absolute Gasteiger partial charge is 0.272 e. The summed E-state index contributed by atoms with van der Waals surface area (Å²) in [5.74, 6) is 0. The van der Waals surface area contributed by atoms with E-state index in [9.17, 15) is 4.79 Å². The largest absolute Gasteiger partial charge is 0.296 e. The van der Waals surface area contributed by atoms with Crippen molar-refractivity contribution in [2.24, 2.45) is 0 Å². The number of hydrogen-bond acceptors (Lipinski definition) is 2. The molecule has 1 N–H and O–H groups in total. The van der Waals surface area contributed by atoms with E-state index in [2.05, 4.69) is 16.1 Å². The quantitative estimate of drug-likeness (QED) is 0.688. The molecule has 84 valence electrons. The molecule has 3 rings (SSSR count). The van der Waals surface area contributed by atoms with Crippen molar-refractivity contribution in [2.45, 2.75) is 6.92 Å². The van der Waals surface area contributed by atoms with Crippen LogP contribution in [0.4, 0.5) is 0 Å². The van der Waals surface area contributed by atoms with Crippen molar-refractivity contribution < 1.29 is 0 Å². The van der Waals surface area contributed by atoms with Crippen molar-refractivity contribution in [1.82, 2.24) is 14.6 Å². The first-order valence-electron chi connectivity index (χ1n) is 5.38. The predicted molar refractivity (Wildman–Crippen MR) is 66.0 cm³/mol. The molecular weight excluding hydrogens is 214 g/mol. The summed E-state index contributed by atoms with van der Waals surface area (Å²) < 4.78 is 1.44. The van der Waals surface area contributed by atoms with E-state index in [0.29, 0.717) is 5.65 Å². The molecule has 2 heterocycles. The summed E-state index contributed by atoms with van der Waals surface area (Å²) in [5.41, 5.74) is 3.73. The summed E-state index contributed by atoms with van der Waals surface area (Å²) in [6, 6.07) is 9.55. The molecule has 3 aromatic rings. The fourth-order valence-corrected chi connectivity index (χ4v) is 1.94. The summed E-state index contributed by atoms with van der Waals surface area (Å²) in [6.45, 7) is 2.04. The number of nitrogens with one attached hydrogen (secondary N) is 1. The molecule has 0 saturated heterocycles. The Balaban J connectivity index is 2.32. The molecule has 0 fully saturated rings. The Bertz CT molecular complexity index is 740. The average molecular weight is 225 g/mol. The second-order valence-corrected chi connectivity index (χ2v) is 4.00. The van der Waals surface area contributed by atoms with Gasteiger partial charge in [-0.25, -0.2) is 9.50 Å². The predicted octanol–water partition coefficient (Wildman–Crippen LogP) is 2.00. The van der Waals surface area contributed by atoms with Gasteiger partial charge in [0.05, 0.1) is 0 Å². The van der Waals surface area contributed by atoms with Gasteiger partial charge in [0, 0.05) is 24.0 Å². The average Bonchev–Trinajstić information content (AvgIpc) is 2.74. The van der Waals surface area contributed by atoms with E-state index in [-0.39, 0.29) is 5.56 Å². The molecule has 0 saturated carbocycles. The molecule has 0 atom stereocenters. The van der Waals surface area contributed by atoms with Gasteiger partial charge < -0.3 is 0 Å². The Morgan fingerprint density at radius 2 is 2.18 bits per heavy atom. The van der Waals surface area contributed by atoms with Crippen LogP contribution in [-0.2, 0) is 0 Å². The highest BCUT2D eigenvalue weighted by Gasteiger charge is 2.07. The lowest BCUT2D eigenvalue weighted by atomic mass is 10.1. The molecule has 0 spiro atoms. The van der Waals surface area contributed by atoms with Crippen LogP contribution in [0.2, 0.25) is 0 Å². The SMILES string of the molecule is Cc1cccc(-c2c[nH]n3c(=O)ccnc23)c1. The first-order valence-corrected chi connectivity index (χ1v) is 5.38. The molecular formula is C13H11N3O. The van der Waals surface area contributed by atoms with Crippen LogP contribution in [0.5, 0.6) is 0 Å². The van der Waals surface area contributed by atoms with Gasteiger partial charge in [-0.1, -0.05) is 29.8 Å².